The van der Waals surface area contributed by atoms with Crippen molar-refractivity contribution in [3.63, 3.8) is 0 Å². The third kappa shape index (κ3) is 3.63. The lowest BCUT2D eigenvalue weighted by atomic mass is 10.0. The van der Waals surface area contributed by atoms with E-state index in [-0.39, 0.29) is 0 Å². The number of H-pyrrole nitrogens is 1. The van der Waals surface area contributed by atoms with E-state index in [1.54, 1.807) is 0 Å². The first-order valence-corrected chi connectivity index (χ1v) is 8.26. The number of rotatable bonds is 5. The van der Waals surface area contributed by atoms with Crippen molar-refractivity contribution in [1.82, 2.24) is 4.98 Å². The van der Waals surface area contributed by atoms with E-state index < -0.39 is 0 Å². The molecule has 0 radical (unpaired) electrons. The molecule has 0 saturated carbocycles. The summed E-state index contributed by atoms with van der Waals surface area (Å²) in [6.07, 6.45) is 9.03. The number of nitrogens with two attached hydrogens (primary N) is 1. The number of allylic oxidation sites excluding steroid dienone is 3. The number of hydrogen-bond donors (Lipinski definition) is 2. The summed E-state index contributed by atoms with van der Waals surface area (Å²) in [6.45, 7) is 4.80. The van der Waals surface area contributed by atoms with Crippen LogP contribution in [0, 0.1) is 6.92 Å². The number of aliphatic imine (C=N–C) groups is 1. The first kappa shape index (κ1) is 16.2. The Labute approximate surface area is 143 Å². The van der Waals surface area contributed by atoms with Gasteiger partial charge in [-0.15, -0.1) is 0 Å². The predicted octanol–water partition coefficient (Wildman–Crippen LogP) is 4.50. The average Bonchev–Trinajstić information content (AvgIpc) is 3.22. The molecule has 1 aliphatic rings. The fourth-order valence-corrected chi connectivity index (χ4v) is 2.83. The predicted molar refractivity (Wildman–Crippen MR) is 103 cm³/mol. The average molecular weight is 317 g/mol. The van der Waals surface area contributed by atoms with Crippen LogP contribution in [0.5, 0.6) is 0 Å². The second kappa shape index (κ2) is 7.28. The molecular weight excluding hydrogens is 294 g/mol. The van der Waals surface area contributed by atoms with Crippen molar-refractivity contribution < 1.29 is 0 Å². The fourth-order valence-electron chi connectivity index (χ4n) is 2.83. The minimum atomic E-state index is 0.606. The van der Waals surface area contributed by atoms with Gasteiger partial charge in [-0.25, -0.2) is 4.99 Å². The van der Waals surface area contributed by atoms with Gasteiger partial charge in [0.2, 0.25) is 0 Å². The molecule has 1 aliphatic heterocycles. The van der Waals surface area contributed by atoms with Gasteiger partial charge in [-0.3, -0.25) is 0 Å². The van der Waals surface area contributed by atoms with Crippen LogP contribution in [0.25, 0.3) is 11.6 Å². The van der Waals surface area contributed by atoms with Gasteiger partial charge in [-0.1, -0.05) is 35.9 Å². The molecule has 0 unspecified atom stereocenters. The quantitative estimate of drug-likeness (QED) is 0.838. The van der Waals surface area contributed by atoms with Gasteiger partial charge in [0, 0.05) is 17.5 Å². The number of nitrogens with zero attached hydrogens (tertiary/aromatic N) is 1. The van der Waals surface area contributed by atoms with Crippen LogP contribution in [0.4, 0.5) is 0 Å². The second-order valence-electron chi connectivity index (χ2n) is 6.06. The molecule has 122 valence electrons. The van der Waals surface area contributed by atoms with Crippen molar-refractivity contribution in [2.24, 2.45) is 10.7 Å². The van der Waals surface area contributed by atoms with E-state index in [0.717, 1.165) is 23.5 Å². The summed E-state index contributed by atoms with van der Waals surface area (Å²) in [5, 5.41) is 0. The lowest BCUT2D eigenvalue weighted by molar-refractivity contribution is 1.00. The number of nitrogens with one attached hydrogen (secondary N) is 1. The van der Waals surface area contributed by atoms with Gasteiger partial charge in [0.05, 0.1) is 11.4 Å². The second-order valence-corrected chi connectivity index (χ2v) is 6.06. The van der Waals surface area contributed by atoms with Crippen LogP contribution in [-0.4, -0.2) is 17.2 Å². The van der Waals surface area contributed by atoms with E-state index in [2.05, 4.69) is 67.4 Å². The smallest absolute Gasteiger partial charge is 0.0720 e. The molecule has 3 N–H and O–H groups in total. The van der Waals surface area contributed by atoms with Gasteiger partial charge in [-0.05, 0) is 62.2 Å². The van der Waals surface area contributed by atoms with Gasteiger partial charge in [0.1, 0.15) is 0 Å². The van der Waals surface area contributed by atoms with Crippen LogP contribution in [-0.2, 0) is 0 Å². The van der Waals surface area contributed by atoms with Crippen molar-refractivity contribution >= 4 is 17.4 Å². The zero-order valence-corrected chi connectivity index (χ0v) is 14.2. The van der Waals surface area contributed by atoms with Gasteiger partial charge in [-0.2, -0.15) is 0 Å². The molecule has 0 amide bonds. The number of aryl methyl sites for hydroxylation is 1. The molecule has 0 spiro atoms. The standard InChI is InChI=1S/C21H23N3/c1-15-5-7-17(8-6-15)9-10-18-14-16(2)21(24-18)19(11-12-22)20-4-3-13-23-20/h3-10,13-14,23H,11-12,22H2,1-2H3/b10-9+,21-19-. The minimum absolute atomic E-state index is 0.606. The Morgan fingerprint density at radius 2 is 1.92 bits per heavy atom. The number of benzene rings is 1. The Balaban J connectivity index is 1.90. The van der Waals surface area contributed by atoms with Crippen LogP contribution in [0.2, 0.25) is 0 Å². The highest BCUT2D eigenvalue weighted by molar-refractivity contribution is 6.10. The van der Waals surface area contributed by atoms with E-state index in [1.807, 2.05) is 12.3 Å². The van der Waals surface area contributed by atoms with E-state index in [9.17, 15) is 0 Å². The molecule has 0 fully saturated rings. The number of aromatic amines is 1. The number of hydrogen-bond acceptors (Lipinski definition) is 2. The summed E-state index contributed by atoms with van der Waals surface area (Å²) in [7, 11) is 0. The first-order valence-electron chi connectivity index (χ1n) is 8.26. The van der Waals surface area contributed by atoms with Gasteiger partial charge < -0.3 is 10.7 Å². The van der Waals surface area contributed by atoms with Crippen molar-refractivity contribution in [3.05, 3.63) is 82.8 Å². The maximum Gasteiger partial charge on any atom is 0.0720 e. The summed E-state index contributed by atoms with van der Waals surface area (Å²) in [4.78, 5) is 8.09. The monoisotopic (exact) mass is 317 g/mol. The molecule has 0 bridgehead atoms. The molecule has 3 rings (SSSR count). The van der Waals surface area contributed by atoms with Gasteiger partial charge in [0.15, 0.2) is 0 Å². The summed E-state index contributed by atoms with van der Waals surface area (Å²) in [6, 6.07) is 12.5. The van der Waals surface area contributed by atoms with Crippen LogP contribution in [0.15, 0.2) is 71.0 Å². The molecular formula is C21H23N3. The highest BCUT2D eigenvalue weighted by Crippen LogP contribution is 2.30. The van der Waals surface area contributed by atoms with E-state index in [4.69, 9.17) is 10.7 Å². The zero-order valence-electron chi connectivity index (χ0n) is 14.2. The van der Waals surface area contributed by atoms with Crippen molar-refractivity contribution in [2.45, 2.75) is 20.3 Å². The molecule has 1 aromatic carbocycles. The molecule has 0 aliphatic carbocycles. The Morgan fingerprint density at radius 3 is 2.58 bits per heavy atom. The molecule has 3 nitrogen and oxygen atoms in total. The minimum Gasteiger partial charge on any atom is -0.361 e. The van der Waals surface area contributed by atoms with Crippen LogP contribution >= 0.6 is 0 Å². The summed E-state index contributed by atoms with van der Waals surface area (Å²) >= 11 is 0. The lowest BCUT2D eigenvalue weighted by Crippen LogP contribution is -2.02. The van der Waals surface area contributed by atoms with E-state index in [0.29, 0.717) is 6.54 Å². The Hall–Kier alpha value is -2.65. The lowest BCUT2D eigenvalue weighted by Gasteiger charge is -2.08. The topological polar surface area (TPSA) is 54.2 Å². The summed E-state index contributed by atoms with van der Waals surface area (Å²) in [5.41, 5.74) is 13.7. The SMILES string of the molecule is CC1=CC(/C=C/c2ccc(C)cc2)=NC/1=C(/CCN)c1ccc[nH]1. The third-order valence-corrected chi connectivity index (χ3v) is 4.11. The maximum absolute atomic E-state index is 5.80. The molecule has 0 atom stereocenters. The molecule has 0 saturated heterocycles. The third-order valence-electron chi connectivity index (χ3n) is 4.11. The van der Waals surface area contributed by atoms with Crippen molar-refractivity contribution in [3.8, 4) is 0 Å². The highest BCUT2D eigenvalue weighted by Gasteiger charge is 2.15. The fraction of sp³-hybridized carbons (Fsp3) is 0.190. The molecule has 2 heterocycles. The molecule has 2 aromatic rings. The Bertz CT molecular complexity index is 816. The normalized spacial score (nSPS) is 16.5. The molecule has 1 aromatic heterocycles. The van der Waals surface area contributed by atoms with Gasteiger partial charge in [0.25, 0.3) is 0 Å². The van der Waals surface area contributed by atoms with E-state index >= 15 is 0 Å². The van der Waals surface area contributed by atoms with Crippen molar-refractivity contribution in [1.29, 1.82) is 0 Å². The molecule has 3 heteroatoms. The highest BCUT2D eigenvalue weighted by atomic mass is 14.8. The summed E-state index contributed by atoms with van der Waals surface area (Å²) in [5.74, 6) is 0. The zero-order chi connectivity index (χ0) is 16.9. The van der Waals surface area contributed by atoms with Gasteiger partial charge >= 0.3 is 0 Å². The van der Waals surface area contributed by atoms with Crippen LogP contribution in [0.3, 0.4) is 0 Å². The van der Waals surface area contributed by atoms with Crippen LogP contribution < -0.4 is 5.73 Å². The van der Waals surface area contributed by atoms with E-state index in [1.165, 1.54) is 22.3 Å². The largest absolute Gasteiger partial charge is 0.361 e. The molecule has 24 heavy (non-hydrogen) atoms. The first-order chi connectivity index (χ1) is 11.7. The maximum atomic E-state index is 5.80. The Kier molecular flexibility index (Phi) is 4.92. The number of aromatic nitrogens is 1. The Morgan fingerprint density at radius 1 is 1.12 bits per heavy atom. The summed E-state index contributed by atoms with van der Waals surface area (Å²) < 4.78 is 0. The van der Waals surface area contributed by atoms with Crippen LogP contribution in [0.1, 0.15) is 30.2 Å². The van der Waals surface area contributed by atoms with Crippen molar-refractivity contribution in [2.75, 3.05) is 6.54 Å².